The predicted molar refractivity (Wildman–Crippen MR) is 89.5 cm³/mol. The van der Waals surface area contributed by atoms with E-state index in [1.54, 1.807) is 0 Å². The van der Waals surface area contributed by atoms with Crippen molar-refractivity contribution in [3.8, 4) is 0 Å². The third-order valence-corrected chi connectivity index (χ3v) is 4.71. The maximum atomic E-state index is 11.8. The maximum Gasteiger partial charge on any atom is 0.303 e. The fourth-order valence-corrected chi connectivity index (χ4v) is 3.75. The highest BCUT2D eigenvalue weighted by molar-refractivity contribution is 5.67. The number of rotatable bonds is 4. The second kappa shape index (κ2) is 6.82. The Morgan fingerprint density at radius 1 is 1.32 bits per heavy atom. The summed E-state index contributed by atoms with van der Waals surface area (Å²) in [6.07, 6.45) is 0.852. The van der Waals surface area contributed by atoms with Crippen LogP contribution in [0.5, 0.6) is 0 Å². The second-order valence-corrected chi connectivity index (χ2v) is 7.15. The number of esters is 1. The van der Waals surface area contributed by atoms with Crippen LogP contribution in [0.3, 0.4) is 0 Å². The first-order valence-electron chi connectivity index (χ1n) is 8.34. The lowest BCUT2D eigenvalue weighted by Gasteiger charge is -2.49. The molecule has 0 spiro atoms. The summed E-state index contributed by atoms with van der Waals surface area (Å²) in [6.45, 7) is 12.5. The Labute approximate surface area is 134 Å². The van der Waals surface area contributed by atoms with E-state index in [0.29, 0.717) is 12.0 Å². The molecule has 0 amide bonds. The fourth-order valence-electron chi connectivity index (χ4n) is 3.75. The van der Waals surface area contributed by atoms with E-state index in [4.69, 9.17) is 4.74 Å². The van der Waals surface area contributed by atoms with Crippen LogP contribution in [0.15, 0.2) is 30.3 Å². The standard InChI is InChI=1S/C19H29NO2/c1-14(2)12-20-13-15(3)19(11-16(20)4,22-17(5)21)18-9-7-6-8-10-18/h6-10,14-16H,11-13H2,1-5H3/t15-,16?,19?/m1/s1. The van der Waals surface area contributed by atoms with Crippen molar-refractivity contribution < 1.29 is 9.53 Å². The Morgan fingerprint density at radius 2 is 1.95 bits per heavy atom. The van der Waals surface area contributed by atoms with Gasteiger partial charge < -0.3 is 4.74 Å². The number of nitrogens with zero attached hydrogens (tertiary/aromatic N) is 1. The van der Waals surface area contributed by atoms with Crippen LogP contribution in [0, 0.1) is 11.8 Å². The summed E-state index contributed by atoms with van der Waals surface area (Å²) >= 11 is 0. The lowest BCUT2D eigenvalue weighted by atomic mass is 9.74. The van der Waals surface area contributed by atoms with Crippen LogP contribution < -0.4 is 0 Å². The zero-order valence-corrected chi connectivity index (χ0v) is 14.5. The SMILES string of the molecule is CC(=O)OC1(c2ccccc2)CC(C)N(CC(C)C)C[C@H]1C. The topological polar surface area (TPSA) is 29.5 Å². The molecule has 3 heteroatoms. The van der Waals surface area contributed by atoms with E-state index < -0.39 is 5.60 Å². The number of benzene rings is 1. The molecule has 1 aromatic carbocycles. The Hall–Kier alpha value is -1.35. The van der Waals surface area contributed by atoms with Crippen LogP contribution >= 0.6 is 0 Å². The lowest BCUT2D eigenvalue weighted by Crippen LogP contribution is -2.55. The minimum atomic E-state index is -0.500. The van der Waals surface area contributed by atoms with Gasteiger partial charge in [0.15, 0.2) is 0 Å². The van der Waals surface area contributed by atoms with Crippen molar-refractivity contribution in [3.63, 3.8) is 0 Å². The summed E-state index contributed by atoms with van der Waals surface area (Å²) in [6, 6.07) is 10.6. The smallest absolute Gasteiger partial charge is 0.303 e. The van der Waals surface area contributed by atoms with Gasteiger partial charge in [0.05, 0.1) is 0 Å². The number of carbonyl (C=O) groups excluding carboxylic acids is 1. The molecule has 0 saturated carbocycles. The van der Waals surface area contributed by atoms with Crippen molar-refractivity contribution in [2.75, 3.05) is 13.1 Å². The zero-order valence-electron chi connectivity index (χ0n) is 14.5. The average Bonchev–Trinajstić information content (AvgIpc) is 2.44. The van der Waals surface area contributed by atoms with Gasteiger partial charge in [-0.25, -0.2) is 0 Å². The second-order valence-electron chi connectivity index (χ2n) is 7.15. The highest BCUT2D eigenvalue weighted by Crippen LogP contribution is 2.43. The monoisotopic (exact) mass is 303 g/mol. The molecule has 0 N–H and O–H groups in total. The van der Waals surface area contributed by atoms with Crippen LogP contribution in [-0.4, -0.2) is 30.0 Å². The van der Waals surface area contributed by atoms with Crippen LogP contribution in [0.2, 0.25) is 0 Å². The first kappa shape index (κ1) is 17.0. The van der Waals surface area contributed by atoms with Crippen LogP contribution in [-0.2, 0) is 15.1 Å². The molecule has 2 rings (SSSR count). The minimum Gasteiger partial charge on any atom is -0.454 e. The summed E-state index contributed by atoms with van der Waals surface area (Å²) in [7, 11) is 0. The van der Waals surface area contributed by atoms with Gasteiger partial charge in [-0.2, -0.15) is 0 Å². The Bertz CT molecular complexity index is 499. The maximum absolute atomic E-state index is 11.8. The molecule has 3 atom stereocenters. The van der Waals surface area contributed by atoms with E-state index in [9.17, 15) is 4.79 Å². The highest BCUT2D eigenvalue weighted by atomic mass is 16.6. The number of hydrogen-bond donors (Lipinski definition) is 0. The summed E-state index contributed by atoms with van der Waals surface area (Å²) < 4.78 is 5.94. The van der Waals surface area contributed by atoms with Crippen LogP contribution in [0.1, 0.15) is 46.6 Å². The van der Waals surface area contributed by atoms with Gasteiger partial charge in [-0.15, -0.1) is 0 Å². The number of carbonyl (C=O) groups is 1. The first-order chi connectivity index (χ1) is 10.3. The molecule has 1 aliphatic heterocycles. The number of ether oxygens (including phenoxy) is 1. The molecule has 0 bridgehead atoms. The average molecular weight is 303 g/mol. The van der Waals surface area contributed by atoms with Gasteiger partial charge in [-0.3, -0.25) is 9.69 Å². The van der Waals surface area contributed by atoms with Gasteiger partial charge in [0.25, 0.3) is 0 Å². The summed E-state index contributed by atoms with van der Waals surface area (Å²) in [4.78, 5) is 14.3. The Kier molecular flexibility index (Phi) is 5.28. The van der Waals surface area contributed by atoms with E-state index in [0.717, 1.165) is 25.1 Å². The molecular weight excluding hydrogens is 274 g/mol. The van der Waals surface area contributed by atoms with Gasteiger partial charge >= 0.3 is 5.97 Å². The molecule has 1 saturated heterocycles. The van der Waals surface area contributed by atoms with Crippen molar-refractivity contribution in [1.29, 1.82) is 0 Å². The van der Waals surface area contributed by atoms with E-state index in [-0.39, 0.29) is 11.9 Å². The quantitative estimate of drug-likeness (QED) is 0.792. The molecular formula is C19H29NO2. The van der Waals surface area contributed by atoms with Crippen LogP contribution in [0.25, 0.3) is 0 Å². The molecule has 3 nitrogen and oxygen atoms in total. The number of piperidine rings is 1. The molecule has 2 unspecified atom stereocenters. The Morgan fingerprint density at radius 3 is 2.50 bits per heavy atom. The van der Waals surface area contributed by atoms with Crippen molar-refractivity contribution in [1.82, 2.24) is 4.90 Å². The fraction of sp³-hybridized carbons (Fsp3) is 0.632. The molecule has 0 aromatic heterocycles. The molecule has 1 heterocycles. The summed E-state index contributed by atoms with van der Waals surface area (Å²) in [5, 5.41) is 0. The number of likely N-dealkylation sites (tertiary alicyclic amines) is 1. The molecule has 122 valence electrons. The van der Waals surface area contributed by atoms with Gasteiger partial charge in [-0.05, 0) is 18.4 Å². The highest BCUT2D eigenvalue weighted by Gasteiger charge is 2.47. The van der Waals surface area contributed by atoms with Crippen molar-refractivity contribution in [3.05, 3.63) is 35.9 Å². The largest absolute Gasteiger partial charge is 0.454 e. The third-order valence-electron chi connectivity index (χ3n) is 4.71. The molecule has 1 fully saturated rings. The summed E-state index contributed by atoms with van der Waals surface area (Å²) in [5.74, 6) is 0.724. The van der Waals surface area contributed by atoms with E-state index in [2.05, 4.69) is 44.7 Å². The normalized spacial score (nSPS) is 29.5. The molecule has 0 radical (unpaired) electrons. The zero-order chi connectivity index (χ0) is 16.3. The lowest BCUT2D eigenvalue weighted by molar-refractivity contribution is -0.176. The van der Waals surface area contributed by atoms with Crippen molar-refractivity contribution in [2.24, 2.45) is 11.8 Å². The van der Waals surface area contributed by atoms with Gasteiger partial charge in [-0.1, -0.05) is 51.1 Å². The number of hydrogen-bond acceptors (Lipinski definition) is 3. The van der Waals surface area contributed by atoms with Gasteiger partial charge in [0.2, 0.25) is 0 Å². The van der Waals surface area contributed by atoms with E-state index in [1.807, 2.05) is 18.2 Å². The van der Waals surface area contributed by atoms with E-state index >= 15 is 0 Å². The predicted octanol–water partition coefficient (Wildman–Crippen LogP) is 3.83. The molecule has 1 aromatic rings. The van der Waals surface area contributed by atoms with E-state index in [1.165, 1.54) is 6.92 Å². The Balaban J connectivity index is 2.33. The summed E-state index contributed by atoms with van der Waals surface area (Å²) in [5.41, 5.74) is 0.619. The van der Waals surface area contributed by atoms with Crippen molar-refractivity contribution in [2.45, 2.75) is 52.7 Å². The molecule has 1 aliphatic rings. The molecule has 22 heavy (non-hydrogen) atoms. The van der Waals surface area contributed by atoms with Gasteiger partial charge in [0, 0.05) is 38.4 Å². The van der Waals surface area contributed by atoms with Crippen molar-refractivity contribution >= 4 is 5.97 Å². The molecule has 0 aliphatic carbocycles. The third kappa shape index (κ3) is 3.52. The van der Waals surface area contributed by atoms with Crippen LogP contribution in [0.4, 0.5) is 0 Å². The van der Waals surface area contributed by atoms with Gasteiger partial charge in [0.1, 0.15) is 5.60 Å². The first-order valence-corrected chi connectivity index (χ1v) is 8.34. The minimum absolute atomic E-state index is 0.194.